The van der Waals surface area contributed by atoms with Crippen molar-refractivity contribution < 1.29 is 19.1 Å². The molecule has 0 aliphatic heterocycles. The van der Waals surface area contributed by atoms with Gasteiger partial charge in [-0.25, -0.2) is 0 Å². The van der Waals surface area contributed by atoms with Crippen LogP contribution >= 0.6 is 0 Å². The molecule has 0 aromatic carbocycles. The van der Waals surface area contributed by atoms with Crippen molar-refractivity contribution in [2.24, 2.45) is 11.8 Å². The highest BCUT2D eigenvalue weighted by molar-refractivity contribution is 5.72. The average Bonchev–Trinajstić information content (AvgIpc) is 2.66. The van der Waals surface area contributed by atoms with E-state index in [0.29, 0.717) is 12.3 Å². The molecule has 2 atom stereocenters. The van der Waals surface area contributed by atoms with Gasteiger partial charge >= 0.3 is 11.9 Å². The van der Waals surface area contributed by atoms with Crippen molar-refractivity contribution in [3.63, 3.8) is 0 Å². The van der Waals surface area contributed by atoms with Crippen molar-refractivity contribution in [2.45, 2.75) is 144 Å². The van der Waals surface area contributed by atoms with Gasteiger partial charge in [0.1, 0.15) is 0 Å². The number of hydrogen-bond acceptors (Lipinski definition) is 4. The number of rotatable bonds is 19. The fourth-order valence-electron chi connectivity index (χ4n) is 3.65. The lowest BCUT2D eigenvalue weighted by Gasteiger charge is -2.20. The van der Waals surface area contributed by atoms with Crippen molar-refractivity contribution in [1.29, 1.82) is 0 Å². The third kappa shape index (κ3) is 17.8. The largest absolute Gasteiger partial charge is 0.463 e. The average molecular weight is 427 g/mol. The molecule has 2 unspecified atom stereocenters. The van der Waals surface area contributed by atoms with E-state index in [9.17, 15) is 9.59 Å². The van der Waals surface area contributed by atoms with E-state index in [4.69, 9.17) is 9.47 Å². The Labute approximate surface area is 186 Å². The zero-order valence-electron chi connectivity index (χ0n) is 20.8. The second kappa shape index (κ2) is 18.7. The summed E-state index contributed by atoms with van der Waals surface area (Å²) >= 11 is 0. The predicted octanol–water partition coefficient (Wildman–Crippen LogP) is 7.62. The van der Waals surface area contributed by atoms with Gasteiger partial charge in [0.2, 0.25) is 0 Å². The van der Waals surface area contributed by atoms with E-state index in [1.54, 1.807) is 0 Å². The summed E-state index contributed by atoms with van der Waals surface area (Å²) in [4.78, 5) is 23.4. The predicted molar refractivity (Wildman–Crippen MR) is 125 cm³/mol. The molecule has 0 heterocycles. The molecule has 4 nitrogen and oxygen atoms in total. The van der Waals surface area contributed by atoms with Crippen LogP contribution in [0.3, 0.4) is 0 Å². The smallest absolute Gasteiger partial charge is 0.309 e. The van der Waals surface area contributed by atoms with Gasteiger partial charge in [0, 0.05) is 6.42 Å². The van der Waals surface area contributed by atoms with E-state index in [-0.39, 0.29) is 30.1 Å². The molecule has 0 rings (SSSR count). The Balaban J connectivity index is 3.39. The van der Waals surface area contributed by atoms with Crippen LogP contribution in [0.1, 0.15) is 131 Å². The molecule has 0 N–H and O–H groups in total. The van der Waals surface area contributed by atoms with Gasteiger partial charge in [-0.2, -0.15) is 0 Å². The Morgan fingerprint density at radius 3 is 1.40 bits per heavy atom. The third-order valence-corrected chi connectivity index (χ3v) is 5.73. The van der Waals surface area contributed by atoms with Crippen LogP contribution in [0.2, 0.25) is 0 Å². The molecule has 0 spiro atoms. The highest BCUT2D eigenvalue weighted by Gasteiger charge is 2.21. The third-order valence-electron chi connectivity index (χ3n) is 5.73. The molecule has 0 amide bonds. The van der Waals surface area contributed by atoms with Crippen molar-refractivity contribution in [2.75, 3.05) is 0 Å². The first kappa shape index (κ1) is 28.9. The Morgan fingerprint density at radius 1 is 0.567 bits per heavy atom. The molecule has 0 fully saturated rings. The molecule has 0 aromatic heterocycles. The molecule has 0 saturated heterocycles. The van der Waals surface area contributed by atoms with Gasteiger partial charge < -0.3 is 9.47 Å². The SMILES string of the molecule is CC(C)OC(=O)CCCCCCCCCCCCCCC(C)C(C)C(=O)OC(C)C. The molecule has 30 heavy (non-hydrogen) atoms. The molecule has 0 aliphatic carbocycles. The summed E-state index contributed by atoms with van der Waals surface area (Å²) in [5, 5.41) is 0. The Hall–Kier alpha value is -1.06. The van der Waals surface area contributed by atoms with Gasteiger partial charge in [-0.3, -0.25) is 9.59 Å². The van der Waals surface area contributed by atoms with Crippen LogP contribution in [-0.2, 0) is 19.1 Å². The second-order valence-corrected chi connectivity index (χ2v) is 9.57. The first-order chi connectivity index (χ1) is 14.2. The fourth-order valence-corrected chi connectivity index (χ4v) is 3.65. The minimum atomic E-state index is -0.0531. The lowest BCUT2D eigenvalue weighted by Crippen LogP contribution is -2.24. The monoisotopic (exact) mass is 426 g/mol. The van der Waals surface area contributed by atoms with Crippen molar-refractivity contribution >= 4 is 11.9 Å². The maximum Gasteiger partial charge on any atom is 0.309 e. The standard InChI is InChI=1S/C26H50O4/c1-21(2)29-25(27)20-18-16-14-12-10-8-7-9-11-13-15-17-19-23(5)24(6)26(28)30-22(3)4/h21-24H,7-20H2,1-6H3. The quantitative estimate of drug-likeness (QED) is 0.157. The first-order valence-electron chi connectivity index (χ1n) is 12.6. The summed E-state index contributed by atoms with van der Waals surface area (Å²) in [7, 11) is 0. The van der Waals surface area contributed by atoms with Crippen molar-refractivity contribution in [3.05, 3.63) is 0 Å². The highest BCUT2D eigenvalue weighted by Crippen LogP contribution is 2.21. The van der Waals surface area contributed by atoms with E-state index >= 15 is 0 Å². The van der Waals surface area contributed by atoms with E-state index in [0.717, 1.165) is 19.3 Å². The molecule has 178 valence electrons. The second-order valence-electron chi connectivity index (χ2n) is 9.57. The minimum Gasteiger partial charge on any atom is -0.463 e. The lowest BCUT2D eigenvalue weighted by molar-refractivity contribution is -0.153. The normalized spacial score (nSPS) is 13.5. The summed E-state index contributed by atoms with van der Waals surface area (Å²) in [5.41, 5.74) is 0. The Kier molecular flexibility index (Phi) is 18.0. The highest BCUT2D eigenvalue weighted by atomic mass is 16.5. The zero-order valence-corrected chi connectivity index (χ0v) is 20.8. The summed E-state index contributed by atoms with van der Waals surface area (Å²) in [6, 6.07) is 0. The van der Waals surface area contributed by atoms with Gasteiger partial charge in [-0.15, -0.1) is 0 Å². The Bertz CT molecular complexity index is 431. The lowest BCUT2D eigenvalue weighted by atomic mass is 9.90. The van der Waals surface area contributed by atoms with Crippen molar-refractivity contribution in [3.8, 4) is 0 Å². The van der Waals surface area contributed by atoms with E-state index in [2.05, 4.69) is 6.92 Å². The Morgan fingerprint density at radius 2 is 0.967 bits per heavy atom. The maximum atomic E-state index is 11.9. The number of unbranched alkanes of at least 4 members (excludes halogenated alkanes) is 11. The van der Waals surface area contributed by atoms with Crippen LogP contribution in [-0.4, -0.2) is 24.1 Å². The van der Waals surface area contributed by atoms with Gasteiger partial charge in [0.15, 0.2) is 0 Å². The number of esters is 2. The molecule has 4 heteroatoms. The molecule has 0 radical (unpaired) electrons. The van der Waals surface area contributed by atoms with Crippen molar-refractivity contribution in [1.82, 2.24) is 0 Å². The number of hydrogen-bond donors (Lipinski definition) is 0. The molecule has 0 saturated carbocycles. The molecule has 0 bridgehead atoms. The van der Waals surface area contributed by atoms with E-state index < -0.39 is 0 Å². The van der Waals surface area contributed by atoms with Gasteiger partial charge in [0.05, 0.1) is 18.1 Å². The number of carbonyl (C=O) groups excluding carboxylic acids is 2. The zero-order chi connectivity index (χ0) is 22.8. The van der Waals surface area contributed by atoms with Crippen LogP contribution in [0.15, 0.2) is 0 Å². The van der Waals surface area contributed by atoms with Crippen LogP contribution in [0, 0.1) is 11.8 Å². The summed E-state index contributed by atoms with van der Waals surface area (Å²) in [6.45, 7) is 11.8. The topological polar surface area (TPSA) is 52.6 Å². The molecular weight excluding hydrogens is 376 g/mol. The molecule has 0 aliphatic rings. The van der Waals surface area contributed by atoms with Crippen LogP contribution in [0.25, 0.3) is 0 Å². The van der Waals surface area contributed by atoms with E-state index in [1.807, 2.05) is 34.6 Å². The maximum absolute atomic E-state index is 11.9. The number of carbonyl (C=O) groups is 2. The summed E-state index contributed by atoms with van der Waals surface area (Å²) in [5.74, 6) is 0.298. The minimum absolute atomic E-state index is 0.00117. The van der Waals surface area contributed by atoms with Gasteiger partial charge in [-0.1, -0.05) is 84.5 Å². The fraction of sp³-hybridized carbons (Fsp3) is 0.923. The van der Waals surface area contributed by atoms with Crippen LogP contribution in [0.4, 0.5) is 0 Å². The first-order valence-corrected chi connectivity index (χ1v) is 12.6. The number of ether oxygens (including phenoxy) is 2. The van der Waals surface area contributed by atoms with Crippen LogP contribution < -0.4 is 0 Å². The summed E-state index contributed by atoms with van der Waals surface area (Å²) in [6.07, 6.45) is 16.7. The van der Waals surface area contributed by atoms with Gasteiger partial charge in [0.25, 0.3) is 0 Å². The molecular formula is C26H50O4. The van der Waals surface area contributed by atoms with E-state index in [1.165, 1.54) is 64.2 Å². The van der Waals surface area contributed by atoms with Gasteiger partial charge in [-0.05, 0) is 46.5 Å². The molecule has 0 aromatic rings. The van der Waals surface area contributed by atoms with Crippen LogP contribution in [0.5, 0.6) is 0 Å². The summed E-state index contributed by atoms with van der Waals surface area (Å²) < 4.78 is 10.5.